The van der Waals surface area contributed by atoms with Crippen LogP contribution in [-0.4, -0.2) is 62.3 Å². The van der Waals surface area contributed by atoms with Crippen LogP contribution in [0.1, 0.15) is 18.7 Å². The summed E-state index contributed by atoms with van der Waals surface area (Å²) < 4.78 is 51.9. The largest absolute Gasteiger partial charge is 0.368 e. The lowest BCUT2D eigenvalue weighted by Crippen LogP contribution is -2.57. The quantitative estimate of drug-likeness (QED) is 0.585. The highest BCUT2D eigenvalue weighted by molar-refractivity contribution is 5.71. The molecule has 0 aliphatic carbocycles. The van der Waals surface area contributed by atoms with Gasteiger partial charge in [-0.1, -0.05) is 0 Å². The van der Waals surface area contributed by atoms with Crippen molar-refractivity contribution in [1.82, 2.24) is 29.7 Å². The molecule has 0 bridgehead atoms. The fourth-order valence-electron chi connectivity index (χ4n) is 4.20. The van der Waals surface area contributed by atoms with Crippen molar-refractivity contribution in [1.29, 1.82) is 0 Å². The summed E-state index contributed by atoms with van der Waals surface area (Å²) in [7, 11) is 0. The monoisotopic (exact) mass is 422 g/mol. The average Bonchev–Trinajstić information content (AvgIpc) is 3.31. The lowest BCUT2D eigenvalue weighted by molar-refractivity contribution is 0.123. The lowest BCUT2D eigenvalue weighted by atomic mass is 9.79. The third kappa shape index (κ3) is 3.29. The zero-order valence-corrected chi connectivity index (χ0v) is 15.8. The van der Waals surface area contributed by atoms with Crippen molar-refractivity contribution in [3.8, 4) is 0 Å². The van der Waals surface area contributed by atoms with Crippen LogP contribution in [0.3, 0.4) is 0 Å². The van der Waals surface area contributed by atoms with Crippen molar-refractivity contribution in [2.24, 2.45) is 5.41 Å². The number of alkyl halides is 4. The number of halogens is 4. The van der Waals surface area contributed by atoms with Gasteiger partial charge < -0.3 is 9.80 Å². The predicted molar refractivity (Wildman–Crippen MR) is 99.8 cm³/mol. The van der Waals surface area contributed by atoms with E-state index in [4.69, 9.17) is 0 Å². The van der Waals surface area contributed by atoms with Crippen molar-refractivity contribution < 1.29 is 17.6 Å². The number of hydrogen-bond donors (Lipinski definition) is 0. The molecule has 2 aliphatic rings. The zero-order chi connectivity index (χ0) is 20.9. The van der Waals surface area contributed by atoms with Gasteiger partial charge in [0.2, 0.25) is 0 Å². The molecule has 0 atom stereocenters. The van der Waals surface area contributed by atoms with E-state index in [0.717, 1.165) is 38.3 Å². The number of rotatable bonds is 5. The van der Waals surface area contributed by atoms with Crippen LogP contribution in [0.4, 0.5) is 29.1 Å². The zero-order valence-electron chi connectivity index (χ0n) is 15.8. The fourth-order valence-corrected chi connectivity index (χ4v) is 4.20. The molecule has 0 radical (unpaired) electrons. The molecule has 0 amide bonds. The van der Waals surface area contributed by atoms with Gasteiger partial charge in [-0.05, 0) is 6.42 Å². The Hall–Kier alpha value is -3.05. The Bertz CT molecular complexity index is 1050. The molecule has 8 nitrogen and oxygen atoms in total. The Kier molecular flexibility index (Phi) is 4.44. The second kappa shape index (κ2) is 7.03. The summed E-state index contributed by atoms with van der Waals surface area (Å²) in [6.45, 7) is 2.53. The maximum absolute atomic E-state index is 12.8. The van der Waals surface area contributed by atoms with Crippen LogP contribution in [0, 0.1) is 5.41 Å². The van der Waals surface area contributed by atoms with E-state index in [-0.39, 0.29) is 5.41 Å². The van der Waals surface area contributed by atoms with Crippen LogP contribution >= 0.6 is 0 Å². The van der Waals surface area contributed by atoms with E-state index in [2.05, 4.69) is 34.8 Å². The average molecular weight is 422 g/mol. The van der Waals surface area contributed by atoms with Crippen molar-refractivity contribution >= 4 is 22.7 Å². The summed E-state index contributed by atoms with van der Waals surface area (Å²) in [6, 6.07) is 0. The van der Waals surface area contributed by atoms with E-state index in [1.165, 1.54) is 23.3 Å². The van der Waals surface area contributed by atoms with Gasteiger partial charge >= 0.3 is 0 Å². The highest BCUT2D eigenvalue weighted by Crippen LogP contribution is 2.42. The van der Waals surface area contributed by atoms with Crippen LogP contribution in [0.25, 0.3) is 11.2 Å². The minimum Gasteiger partial charge on any atom is -0.368 e. The van der Waals surface area contributed by atoms with Gasteiger partial charge in [0.05, 0.1) is 30.5 Å². The van der Waals surface area contributed by atoms with Crippen molar-refractivity contribution in [2.45, 2.75) is 25.8 Å². The summed E-state index contributed by atoms with van der Waals surface area (Å²) in [5.41, 5.74) is 1.61. The smallest absolute Gasteiger partial charge is 0.297 e. The first-order valence-electron chi connectivity index (χ1n) is 9.49. The van der Waals surface area contributed by atoms with E-state index in [9.17, 15) is 17.6 Å². The van der Waals surface area contributed by atoms with Crippen molar-refractivity contribution in [3.05, 3.63) is 30.6 Å². The Morgan fingerprint density at radius 2 is 1.67 bits per heavy atom. The number of fused-ring (bicyclic) bond motifs is 1. The van der Waals surface area contributed by atoms with E-state index in [0.29, 0.717) is 17.0 Å². The third-order valence-electron chi connectivity index (χ3n) is 5.68. The Morgan fingerprint density at radius 3 is 2.37 bits per heavy atom. The van der Waals surface area contributed by atoms with Gasteiger partial charge in [0, 0.05) is 31.6 Å². The SMILES string of the molecule is FC(F)Cn1ncc2ncc(N3CCC4(CN(c5cnc(C(F)F)nc5)C4)C3)nc21. The van der Waals surface area contributed by atoms with E-state index in [1.807, 2.05) is 0 Å². The highest BCUT2D eigenvalue weighted by Gasteiger charge is 2.48. The van der Waals surface area contributed by atoms with Crippen LogP contribution in [0.2, 0.25) is 0 Å². The molecule has 0 saturated carbocycles. The number of nitrogens with zero attached hydrogens (tertiary/aromatic N) is 8. The van der Waals surface area contributed by atoms with Gasteiger partial charge in [-0.2, -0.15) is 5.10 Å². The summed E-state index contributed by atoms with van der Waals surface area (Å²) >= 11 is 0. The first kappa shape index (κ1) is 18.9. The number of hydrogen-bond acceptors (Lipinski definition) is 7. The predicted octanol–water partition coefficient (Wildman–Crippen LogP) is 2.54. The van der Waals surface area contributed by atoms with Crippen LogP contribution in [-0.2, 0) is 6.54 Å². The molecular formula is C18H18F4N8. The first-order valence-corrected chi connectivity index (χ1v) is 9.49. The number of aromatic nitrogens is 6. The van der Waals surface area contributed by atoms with Gasteiger partial charge in [-0.25, -0.2) is 42.2 Å². The van der Waals surface area contributed by atoms with Crippen molar-refractivity contribution in [2.75, 3.05) is 36.0 Å². The highest BCUT2D eigenvalue weighted by atomic mass is 19.3. The molecule has 3 aromatic rings. The number of anilines is 2. The van der Waals surface area contributed by atoms with Crippen LogP contribution in [0.15, 0.2) is 24.8 Å². The summed E-state index contributed by atoms with van der Waals surface area (Å²) in [5, 5.41) is 3.95. The Morgan fingerprint density at radius 1 is 0.933 bits per heavy atom. The van der Waals surface area contributed by atoms with Gasteiger partial charge in [-0.15, -0.1) is 0 Å². The molecule has 2 aliphatic heterocycles. The topological polar surface area (TPSA) is 75.9 Å². The molecule has 5 rings (SSSR count). The van der Waals surface area contributed by atoms with Gasteiger partial charge in [-0.3, -0.25) is 0 Å². The molecular weight excluding hydrogens is 404 g/mol. The second-order valence-electron chi connectivity index (χ2n) is 7.78. The Labute approximate surface area is 168 Å². The maximum atomic E-state index is 12.8. The van der Waals surface area contributed by atoms with Gasteiger partial charge in [0.15, 0.2) is 11.5 Å². The standard InChI is InChI=1S/C18H18F4N8/c19-13(20)7-30-17-12(5-26-30)23-6-14(27-17)28-2-1-18(8-28)9-29(10-18)11-3-24-16(15(21)22)25-4-11/h3-6,13,15H,1-2,7-10H2. The summed E-state index contributed by atoms with van der Waals surface area (Å²) in [6.07, 6.45) is 1.67. The van der Waals surface area contributed by atoms with E-state index in [1.54, 1.807) is 6.20 Å². The fraction of sp³-hybridized carbons (Fsp3) is 0.500. The van der Waals surface area contributed by atoms with Crippen LogP contribution < -0.4 is 9.80 Å². The van der Waals surface area contributed by atoms with Gasteiger partial charge in [0.1, 0.15) is 17.9 Å². The van der Waals surface area contributed by atoms with Crippen molar-refractivity contribution in [3.63, 3.8) is 0 Å². The molecule has 2 saturated heterocycles. The van der Waals surface area contributed by atoms with Gasteiger partial charge in [0.25, 0.3) is 12.9 Å². The lowest BCUT2D eigenvalue weighted by Gasteiger charge is -2.49. The summed E-state index contributed by atoms with van der Waals surface area (Å²) in [4.78, 5) is 20.4. The molecule has 12 heteroatoms. The molecule has 1 spiro atoms. The second-order valence-corrected chi connectivity index (χ2v) is 7.78. The molecule has 0 unspecified atom stereocenters. The Balaban J connectivity index is 1.27. The summed E-state index contributed by atoms with van der Waals surface area (Å²) in [5.74, 6) is 0.166. The van der Waals surface area contributed by atoms with Crippen LogP contribution in [0.5, 0.6) is 0 Å². The first-order chi connectivity index (χ1) is 14.4. The minimum absolute atomic E-state index is 0.0568. The molecule has 3 aromatic heterocycles. The van der Waals surface area contributed by atoms with E-state index >= 15 is 0 Å². The van der Waals surface area contributed by atoms with E-state index < -0.39 is 25.2 Å². The minimum atomic E-state index is -2.68. The molecule has 0 N–H and O–H groups in total. The third-order valence-corrected chi connectivity index (χ3v) is 5.68. The molecule has 5 heterocycles. The molecule has 0 aromatic carbocycles. The maximum Gasteiger partial charge on any atom is 0.297 e. The molecule has 2 fully saturated rings. The molecule has 30 heavy (non-hydrogen) atoms. The molecule has 158 valence electrons. The normalized spacial score (nSPS) is 18.2.